The second-order valence-corrected chi connectivity index (χ2v) is 2.98. The third kappa shape index (κ3) is 9.88. The summed E-state index contributed by atoms with van der Waals surface area (Å²) in [4.78, 5) is 0. The second kappa shape index (κ2) is 9.88. The Kier molecular flexibility index (Phi) is 14.8. The van der Waals surface area contributed by atoms with Crippen LogP contribution in [-0.4, -0.2) is 68.1 Å². The minimum Gasteiger partial charge on any atom is -0.479 e. The quantitative estimate of drug-likeness (QED) is 0.483. The van der Waals surface area contributed by atoms with Crippen LogP contribution in [0.25, 0.3) is 0 Å². The first-order valence-electron chi connectivity index (χ1n) is 2.60. The van der Waals surface area contributed by atoms with E-state index in [9.17, 15) is 0 Å². The Bertz CT molecular complexity index is 69.4. The van der Waals surface area contributed by atoms with Gasteiger partial charge in [-0.05, 0) is 24.9 Å². The van der Waals surface area contributed by atoms with Crippen LogP contribution >= 0.6 is 24.0 Å². The summed E-state index contributed by atoms with van der Waals surface area (Å²) in [5.74, 6) is 0.999. The molecule has 0 saturated heterocycles. The molecule has 1 radical (unpaired) electrons. The molecule has 0 aliphatic heterocycles. The van der Waals surface area contributed by atoms with E-state index in [1.54, 1.807) is 11.8 Å². The number of thioether (sulfide) groups is 1. The maximum absolute atomic E-state index is 4.98. The Morgan fingerprint density at radius 1 is 1.56 bits per heavy atom. The molecule has 0 rings (SSSR count). The van der Waals surface area contributed by atoms with Gasteiger partial charge in [-0.3, -0.25) is 0 Å². The number of ether oxygens (including phenoxy) is 1. The van der Waals surface area contributed by atoms with Crippen molar-refractivity contribution in [3.8, 4) is 0 Å². The van der Waals surface area contributed by atoms with Crippen molar-refractivity contribution in [1.29, 1.82) is 0 Å². The first kappa shape index (κ1) is 13.5. The van der Waals surface area contributed by atoms with E-state index >= 15 is 0 Å². The summed E-state index contributed by atoms with van der Waals surface area (Å²) in [5.41, 5.74) is 0. The van der Waals surface area contributed by atoms with Gasteiger partial charge < -0.3 is 4.74 Å². The Hall–Kier alpha value is 1.88. The molecule has 0 fully saturated rings. The number of rotatable bonds is 2. The molecular weight excluding hydrogens is 179 g/mol. The monoisotopic (exact) mass is 189 g/mol. The van der Waals surface area contributed by atoms with Crippen LogP contribution in [0.4, 0.5) is 0 Å². The zero-order chi connectivity index (χ0) is 6.41. The molecule has 0 N–H and O–H groups in total. The average molecular weight is 189 g/mol. The van der Waals surface area contributed by atoms with Crippen LogP contribution in [0.2, 0.25) is 0 Å². The molecule has 0 atom stereocenters. The molecule has 0 spiro atoms. The van der Waals surface area contributed by atoms with E-state index in [0.717, 1.165) is 5.75 Å². The first-order chi connectivity index (χ1) is 3.81. The zero-order valence-corrected chi connectivity index (χ0v) is 10.9. The van der Waals surface area contributed by atoms with E-state index < -0.39 is 0 Å². The molecule has 0 aliphatic carbocycles. The Labute approximate surface area is 109 Å². The summed E-state index contributed by atoms with van der Waals surface area (Å²) in [7, 11) is 0. The average Bonchev–Trinajstić information content (AvgIpc) is 1.68. The minimum atomic E-state index is 0. The van der Waals surface area contributed by atoms with Gasteiger partial charge in [-0.15, -0.1) is 0 Å². The van der Waals surface area contributed by atoms with Gasteiger partial charge in [0, 0.05) is 51.4 Å². The van der Waals surface area contributed by atoms with E-state index in [2.05, 4.69) is 6.92 Å². The predicted molar refractivity (Wildman–Crippen MR) is 48.1 cm³/mol. The molecule has 4 heteroatoms. The Balaban J connectivity index is 0. The van der Waals surface area contributed by atoms with Crippen LogP contribution in [0, 0.1) is 0 Å². The molecule has 0 amide bonds. The van der Waals surface area contributed by atoms with Crippen molar-refractivity contribution in [2.75, 3.05) is 12.4 Å². The molecule has 0 aromatic rings. The van der Waals surface area contributed by atoms with Crippen molar-refractivity contribution in [3.05, 3.63) is 0 Å². The standard InChI is InChI=1S/C5H10OS2.K/c1-3-6-5(7)8-4-2;/h3-4H2,1-2H3;. The van der Waals surface area contributed by atoms with Gasteiger partial charge in [-0.25, -0.2) is 0 Å². The van der Waals surface area contributed by atoms with Crippen LogP contribution in [0.1, 0.15) is 13.8 Å². The molecule has 1 nitrogen and oxygen atoms in total. The molecular formula is C5H10KOS2. The Morgan fingerprint density at radius 3 is 2.44 bits per heavy atom. The molecule has 0 aromatic carbocycles. The fraction of sp³-hybridized carbons (Fsp3) is 0.800. The second-order valence-electron chi connectivity index (χ2n) is 1.12. The Morgan fingerprint density at radius 2 is 2.11 bits per heavy atom. The number of hydrogen-bond donors (Lipinski definition) is 0. The van der Waals surface area contributed by atoms with Gasteiger partial charge >= 0.3 is 0 Å². The normalized spacial score (nSPS) is 7.78. The van der Waals surface area contributed by atoms with Gasteiger partial charge in [0.1, 0.15) is 0 Å². The van der Waals surface area contributed by atoms with Gasteiger partial charge in [0.2, 0.25) is 4.38 Å². The van der Waals surface area contributed by atoms with Crippen LogP contribution in [0.5, 0.6) is 0 Å². The smallest absolute Gasteiger partial charge is 0.219 e. The van der Waals surface area contributed by atoms with Crippen molar-refractivity contribution in [2.45, 2.75) is 13.8 Å². The summed E-state index contributed by atoms with van der Waals surface area (Å²) >= 11 is 6.36. The van der Waals surface area contributed by atoms with Crippen LogP contribution in [-0.2, 0) is 4.74 Å². The van der Waals surface area contributed by atoms with E-state index in [4.69, 9.17) is 17.0 Å². The van der Waals surface area contributed by atoms with Crippen LogP contribution in [0.15, 0.2) is 0 Å². The van der Waals surface area contributed by atoms with E-state index in [1.807, 2.05) is 6.92 Å². The third-order valence-electron chi connectivity index (χ3n) is 0.524. The predicted octanol–water partition coefficient (Wildman–Crippen LogP) is 1.68. The summed E-state index contributed by atoms with van der Waals surface area (Å²) in [6.45, 7) is 4.67. The largest absolute Gasteiger partial charge is 0.479 e. The van der Waals surface area contributed by atoms with Crippen molar-refractivity contribution in [2.24, 2.45) is 0 Å². The van der Waals surface area contributed by atoms with Gasteiger partial charge in [-0.2, -0.15) is 0 Å². The van der Waals surface area contributed by atoms with E-state index in [-0.39, 0.29) is 51.4 Å². The van der Waals surface area contributed by atoms with Gasteiger partial charge in [0.05, 0.1) is 6.61 Å². The number of hydrogen-bond acceptors (Lipinski definition) is 3. The summed E-state index contributed by atoms with van der Waals surface area (Å²) in [5, 5.41) is 0. The fourth-order valence-electron chi connectivity index (χ4n) is 0.277. The topological polar surface area (TPSA) is 9.23 Å². The minimum absolute atomic E-state index is 0. The molecule has 0 aliphatic rings. The molecule has 0 bridgehead atoms. The van der Waals surface area contributed by atoms with Crippen LogP contribution in [0.3, 0.4) is 0 Å². The third-order valence-corrected chi connectivity index (χ3v) is 1.64. The van der Waals surface area contributed by atoms with E-state index in [1.165, 1.54) is 0 Å². The molecule has 49 valence electrons. The molecule has 0 saturated carbocycles. The van der Waals surface area contributed by atoms with Crippen molar-refractivity contribution in [1.82, 2.24) is 0 Å². The van der Waals surface area contributed by atoms with E-state index in [0.29, 0.717) is 11.0 Å². The maximum Gasteiger partial charge on any atom is 0.219 e. The van der Waals surface area contributed by atoms with Gasteiger partial charge in [0.15, 0.2) is 0 Å². The first-order valence-corrected chi connectivity index (χ1v) is 4.00. The van der Waals surface area contributed by atoms with Gasteiger partial charge in [0.25, 0.3) is 0 Å². The van der Waals surface area contributed by atoms with Crippen LogP contribution < -0.4 is 0 Å². The van der Waals surface area contributed by atoms with Crippen molar-refractivity contribution >= 4 is 79.7 Å². The molecule has 0 aromatic heterocycles. The van der Waals surface area contributed by atoms with Crippen molar-refractivity contribution < 1.29 is 4.74 Å². The zero-order valence-electron chi connectivity index (χ0n) is 6.14. The number of thiocarbonyl (C=S) groups is 1. The van der Waals surface area contributed by atoms with Gasteiger partial charge in [-0.1, -0.05) is 18.7 Å². The van der Waals surface area contributed by atoms with Crippen molar-refractivity contribution in [3.63, 3.8) is 0 Å². The summed E-state index contributed by atoms with van der Waals surface area (Å²) < 4.78 is 5.64. The molecule has 0 heterocycles. The SMILES string of the molecule is CCOC(=S)SCC.[K]. The summed E-state index contributed by atoms with van der Waals surface area (Å²) in [6.07, 6.45) is 0. The fourth-order valence-corrected chi connectivity index (χ4v) is 1.19. The molecule has 0 unspecified atom stereocenters. The summed E-state index contributed by atoms with van der Waals surface area (Å²) in [6, 6.07) is 0. The molecule has 9 heavy (non-hydrogen) atoms. The maximum atomic E-state index is 4.98.